The molecule has 1 amide bonds. The molecule has 22 heavy (non-hydrogen) atoms. The summed E-state index contributed by atoms with van der Waals surface area (Å²) >= 11 is 0. The maximum atomic E-state index is 11.3. The molecule has 1 rings (SSSR count). The van der Waals surface area contributed by atoms with Gasteiger partial charge in [0.15, 0.2) is 0 Å². The fourth-order valence-electron chi connectivity index (χ4n) is 1.31. The molecule has 6 heteroatoms. The predicted octanol–water partition coefficient (Wildman–Crippen LogP) is 3.24. The quantitative estimate of drug-likeness (QED) is 0.332. The summed E-state index contributed by atoms with van der Waals surface area (Å²) in [6, 6.07) is 0. The summed E-state index contributed by atoms with van der Waals surface area (Å²) in [5, 5.41) is 3.20. The van der Waals surface area contributed by atoms with E-state index in [0.29, 0.717) is 25.0 Å². The lowest BCUT2D eigenvalue weighted by Gasteiger charge is -2.19. The van der Waals surface area contributed by atoms with E-state index in [1.807, 2.05) is 20.8 Å². The normalized spacial score (nSPS) is 19.5. The third-order valence-electron chi connectivity index (χ3n) is 2.26. The number of amides is 1. The van der Waals surface area contributed by atoms with E-state index >= 15 is 0 Å². The van der Waals surface area contributed by atoms with E-state index in [-0.39, 0.29) is 18.0 Å². The lowest BCUT2D eigenvalue weighted by molar-refractivity contribution is -0.125. The highest BCUT2D eigenvalue weighted by Gasteiger charge is 2.13. The molecule has 2 atom stereocenters. The summed E-state index contributed by atoms with van der Waals surface area (Å²) in [5.41, 5.74) is 0.0814. The van der Waals surface area contributed by atoms with Crippen LogP contribution in [0.3, 0.4) is 0 Å². The van der Waals surface area contributed by atoms with Crippen molar-refractivity contribution in [3.05, 3.63) is 12.2 Å². The number of carbonyl (C=O) groups excluding carboxylic acids is 1. The van der Waals surface area contributed by atoms with Gasteiger partial charge >= 0.3 is 0 Å². The van der Waals surface area contributed by atoms with Crippen LogP contribution in [0.2, 0.25) is 0 Å². The zero-order valence-electron chi connectivity index (χ0n) is 13.9. The van der Waals surface area contributed by atoms with Crippen LogP contribution in [0.15, 0.2) is 12.2 Å². The summed E-state index contributed by atoms with van der Waals surface area (Å²) in [6.07, 6.45) is 5.00. The second-order valence-corrected chi connectivity index (χ2v) is 6.81. The molecule has 0 aromatic rings. The molecule has 0 bridgehead atoms. The molecule has 1 aliphatic heterocycles. The minimum atomic E-state index is -0.147. The van der Waals surface area contributed by atoms with Crippen molar-refractivity contribution >= 4 is 27.5 Å². The molecule has 126 valence electrons. The highest BCUT2D eigenvalue weighted by atomic mass is 33.1. The Morgan fingerprint density at radius 2 is 2.00 bits per heavy atom. The largest absolute Gasteiger partial charge is 0.369 e. The van der Waals surface area contributed by atoms with E-state index in [4.69, 9.17) is 9.47 Å². The smallest absolute Gasteiger partial charge is 0.246 e. The van der Waals surface area contributed by atoms with Crippen molar-refractivity contribution in [3.8, 4) is 11.8 Å². The van der Waals surface area contributed by atoms with E-state index in [9.17, 15) is 4.79 Å². The first-order valence-electron chi connectivity index (χ1n) is 7.64. The second kappa shape index (κ2) is 15.3. The summed E-state index contributed by atoms with van der Waals surface area (Å²) in [4.78, 5) is 11.3. The van der Waals surface area contributed by atoms with Crippen LogP contribution < -0.4 is 5.32 Å². The number of hydrogen-bond acceptors (Lipinski definition) is 5. The molecular formula is C16H27NO3S2. The van der Waals surface area contributed by atoms with Gasteiger partial charge in [0.05, 0.1) is 19.8 Å². The summed E-state index contributed by atoms with van der Waals surface area (Å²) in [6.45, 7) is 9.45. The first kappa shape index (κ1) is 21.4. The molecule has 0 fully saturated rings. The number of nitrogens with one attached hydrogen (secondary N) is 1. The average molecular weight is 346 g/mol. The maximum absolute atomic E-state index is 11.3. The molecule has 1 aliphatic rings. The Kier molecular flexibility index (Phi) is 14.9. The van der Waals surface area contributed by atoms with Crippen LogP contribution in [0, 0.1) is 11.8 Å². The Labute approximate surface area is 142 Å². The second-order valence-electron chi connectivity index (χ2n) is 4.06. The van der Waals surface area contributed by atoms with Gasteiger partial charge in [-0.25, -0.2) is 0 Å². The van der Waals surface area contributed by atoms with Crippen molar-refractivity contribution in [2.45, 2.75) is 44.8 Å². The van der Waals surface area contributed by atoms with Gasteiger partial charge in [0.2, 0.25) is 5.91 Å². The lowest BCUT2D eigenvalue weighted by atomic mass is 10.4. The van der Waals surface area contributed by atoms with Crippen molar-refractivity contribution in [3.63, 3.8) is 0 Å². The van der Waals surface area contributed by atoms with Gasteiger partial charge in [-0.05, 0) is 13.0 Å². The molecular weight excluding hydrogens is 318 g/mol. The van der Waals surface area contributed by atoms with Gasteiger partial charge in [0.1, 0.15) is 12.0 Å². The molecule has 0 aromatic carbocycles. The van der Waals surface area contributed by atoms with E-state index in [0.717, 1.165) is 6.42 Å². The molecule has 0 radical (unpaired) electrons. The molecule has 0 saturated carbocycles. The van der Waals surface area contributed by atoms with Crippen molar-refractivity contribution in [1.82, 2.24) is 5.32 Å². The van der Waals surface area contributed by atoms with Crippen LogP contribution in [0.25, 0.3) is 0 Å². The first-order valence-corrected chi connectivity index (χ1v) is 9.92. The first-order chi connectivity index (χ1) is 10.7. The van der Waals surface area contributed by atoms with Crippen molar-refractivity contribution in [2.75, 3.05) is 26.4 Å². The van der Waals surface area contributed by atoms with E-state index in [2.05, 4.69) is 36.2 Å². The summed E-state index contributed by atoms with van der Waals surface area (Å²) < 4.78 is 10.8. The Balaban J connectivity index is 0.00000211. The number of hydrogen-bond donors (Lipinski definition) is 1. The Bertz CT molecular complexity index is 377. The zero-order chi connectivity index (χ0) is 16.6. The number of carbonyl (C=O) groups is 1. The van der Waals surface area contributed by atoms with Gasteiger partial charge in [-0.1, -0.05) is 54.4 Å². The van der Waals surface area contributed by atoms with Crippen LogP contribution in [-0.4, -0.2) is 43.0 Å². The van der Waals surface area contributed by atoms with Crippen LogP contribution >= 0.6 is 21.6 Å². The van der Waals surface area contributed by atoms with E-state index in [1.54, 1.807) is 21.6 Å². The maximum Gasteiger partial charge on any atom is 0.246 e. The third-order valence-corrected chi connectivity index (χ3v) is 5.13. The predicted molar refractivity (Wildman–Crippen MR) is 96.8 cm³/mol. The van der Waals surface area contributed by atoms with Crippen molar-refractivity contribution in [2.24, 2.45) is 0 Å². The van der Waals surface area contributed by atoms with Gasteiger partial charge in [0.25, 0.3) is 0 Å². The van der Waals surface area contributed by atoms with Crippen molar-refractivity contribution < 1.29 is 14.3 Å². The zero-order valence-corrected chi connectivity index (χ0v) is 15.5. The molecule has 0 spiro atoms. The fraction of sp³-hybridized carbons (Fsp3) is 0.688. The topological polar surface area (TPSA) is 47.6 Å². The molecule has 1 heterocycles. The van der Waals surface area contributed by atoms with Gasteiger partial charge in [0, 0.05) is 11.7 Å². The molecule has 4 nitrogen and oxygen atoms in total. The highest BCUT2D eigenvalue weighted by molar-refractivity contribution is 8.77. The molecule has 2 unspecified atom stereocenters. The number of ether oxygens (including phenoxy) is 2. The van der Waals surface area contributed by atoms with Gasteiger partial charge in [-0.2, -0.15) is 0 Å². The molecule has 0 aromatic heterocycles. The molecule has 0 saturated heterocycles. The fourth-order valence-corrected chi connectivity index (χ4v) is 3.46. The third kappa shape index (κ3) is 12.0. The van der Waals surface area contributed by atoms with Crippen LogP contribution in [0.4, 0.5) is 0 Å². The standard InChI is InChI=1S/C14H21NO3S2.C2H6/c1-3-4-5-8-15-13(16)11-17-9-10-18-14-7-6-12(2)19-20-14;1-2/h6-7,12,14H,3,8-11H2,1-2H3,(H,15,16);1-2H3. The summed E-state index contributed by atoms with van der Waals surface area (Å²) in [7, 11) is 3.50. The SMILES string of the molecule is CC.CCC#CCNC(=O)COCCOC1C=CC(C)SS1. The highest BCUT2D eigenvalue weighted by Crippen LogP contribution is 2.36. The van der Waals surface area contributed by atoms with Crippen LogP contribution in [0.5, 0.6) is 0 Å². The van der Waals surface area contributed by atoms with Gasteiger partial charge < -0.3 is 14.8 Å². The van der Waals surface area contributed by atoms with Crippen LogP contribution in [-0.2, 0) is 14.3 Å². The van der Waals surface area contributed by atoms with E-state index in [1.165, 1.54) is 0 Å². The average Bonchev–Trinajstić information content (AvgIpc) is 2.55. The van der Waals surface area contributed by atoms with Crippen LogP contribution in [0.1, 0.15) is 34.1 Å². The minimum absolute atomic E-state index is 0.0522. The van der Waals surface area contributed by atoms with Crippen molar-refractivity contribution in [1.29, 1.82) is 0 Å². The molecule has 1 N–H and O–H groups in total. The van der Waals surface area contributed by atoms with E-state index < -0.39 is 0 Å². The molecule has 0 aliphatic carbocycles. The summed E-state index contributed by atoms with van der Waals surface area (Å²) in [5.74, 6) is 5.58. The Hall–Kier alpha value is -0.610. The van der Waals surface area contributed by atoms with Gasteiger partial charge in [-0.3, -0.25) is 4.79 Å². The number of rotatable bonds is 7. The Morgan fingerprint density at radius 3 is 2.64 bits per heavy atom. The van der Waals surface area contributed by atoms with Gasteiger partial charge in [-0.15, -0.1) is 5.92 Å². The Morgan fingerprint density at radius 1 is 1.23 bits per heavy atom. The monoisotopic (exact) mass is 345 g/mol. The lowest BCUT2D eigenvalue weighted by Crippen LogP contribution is -2.28. The minimum Gasteiger partial charge on any atom is -0.369 e.